The van der Waals surface area contributed by atoms with Crippen LogP contribution in [0.2, 0.25) is 0 Å². The molecule has 0 amide bonds. The summed E-state index contributed by atoms with van der Waals surface area (Å²) >= 11 is 0. The van der Waals surface area contributed by atoms with Crippen molar-refractivity contribution in [2.24, 2.45) is 0 Å². The monoisotopic (exact) mass is 341 g/mol. The molecule has 0 radical (unpaired) electrons. The summed E-state index contributed by atoms with van der Waals surface area (Å²) in [7, 11) is 0. The van der Waals surface area contributed by atoms with E-state index in [1.165, 1.54) is 23.1 Å². The summed E-state index contributed by atoms with van der Waals surface area (Å²) in [6.07, 6.45) is 6.81. The van der Waals surface area contributed by atoms with Crippen LogP contribution in [0.5, 0.6) is 0 Å². The number of hydrogen-bond donors (Lipinski definition) is 0. The van der Waals surface area contributed by atoms with Crippen LogP contribution in [0.3, 0.4) is 0 Å². The van der Waals surface area contributed by atoms with E-state index in [0.717, 1.165) is 26.1 Å². The lowest BCUT2D eigenvalue weighted by molar-refractivity contribution is 0.291. The van der Waals surface area contributed by atoms with Crippen LogP contribution in [0.25, 0.3) is 6.08 Å². The molecule has 0 heterocycles. The zero-order chi connectivity index (χ0) is 17.9. The average molecular weight is 341 g/mol. The van der Waals surface area contributed by atoms with Gasteiger partial charge in [0, 0.05) is 13.1 Å². The van der Waals surface area contributed by atoms with Gasteiger partial charge in [0.2, 0.25) is 0 Å². The van der Waals surface area contributed by atoms with E-state index in [4.69, 9.17) is 0 Å². The predicted molar refractivity (Wildman–Crippen MR) is 112 cm³/mol. The Kier molecular flexibility index (Phi) is 7.25. The molecule has 132 valence electrons. The van der Waals surface area contributed by atoms with Crippen LogP contribution in [-0.4, -0.2) is 18.0 Å². The average Bonchev–Trinajstić information content (AvgIpc) is 2.70. The van der Waals surface area contributed by atoms with E-state index in [0.29, 0.717) is 0 Å². The maximum atomic E-state index is 2.53. The summed E-state index contributed by atoms with van der Waals surface area (Å²) in [5.74, 6) is 0. The van der Waals surface area contributed by atoms with Gasteiger partial charge in [0.1, 0.15) is 0 Å². The summed E-state index contributed by atoms with van der Waals surface area (Å²) in [6, 6.07) is 32.0. The van der Waals surface area contributed by atoms with E-state index in [1.807, 2.05) is 0 Å². The van der Waals surface area contributed by atoms with Crippen LogP contribution in [0.1, 0.15) is 23.1 Å². The van der Waals surface area contributed by atoms with Gasteiger partial charge in [0.05, 0.1) is 0 Å². The van der Waals surface area contributed by atoms with Gasteiger partial charge < -0.3 is 0 Å². The van der Waals surface area contributed by atoms with Crippen molar-refractivity contribution < 1.29 is 0 Å². The molecule has 3 aromatic carbocycles. The molecule has 0 saturated carbocycles. The van der Waals surface area contributed by atoms with Crippen LogP contribution < -0.4 is 0 Å². The zero-order valence-corrected chi connectivity index (χ0v) is 15.3. The lowest BCUT2D eigenvalue weighted by Gasteiger charge is -2.21. The molecule has 0 unspecified atom stereocenters. The third-order valence-corrected chi connectivity index (χ3v) is 4.51. The Morgan fingerprint density at radius 1 is 0.654 bits per heavy atom. The van der Waals surface area contributed by atoms with Gasteiger partial charge in [-0.25, -0.2) is 0 Å². The molecule has 26 heavy (non-hydrogen) atoms. The first-order chi connectivity index (χ1) is 12.9. The maximum Gasteiger partial charge on any atom is 0.0237 e. The van der Waals surface area contributed by atoms with Crippen LogP contribution >= 0.6 is 0 Å². The summed E-state index contributed by atoms with van der Waals surface area (Å²) in [4.78, 5) is 2.53. The van der Waals surface area contributed by atoms with E-state index in [9.17, 15) is 0 Å². The largest absolute Gasteiger partial charge is 0.295 e. The highest BCUT2D eigenvalue weighted by molar-refractivity contribution is 5.48. The number of rotatable bonds is 9. The number of benzene rings is 3. The highest BCUT2D eigenvalue weighted by Gasteiger charge is 2.04. The van der Waals surface area contributed by atoms with Crippen molar-refractivity contribution in [2.45, 2.75) is 19.4 Å². The van der Waals surface area contributed by atoms with E-state index >= 15 is 0 Å². The fourth-order valence-corrected chi connectivity index (χ4v) is 3.13. The number of nitrogens with zero attached hydrogens (tertiary/aromatic N) is 1. The lowest BCUT2D eigenvalue weighted by atomic mass is 10.1. The maximum absolute atomic E-state index is 2.53. The molecule has 0 atom stereocenters. The van der Waals surface area contributed by atoms with Crippen molar-refractivity contribution in [2.75, 3.05) is 13.1 Å². The fraction of sp³-hybridized carbons (Fsp3) is 0.200. The van der Waals surface area contributed by atoms with Gasteiger partial charge in [-0.1, -0.05) is 103 Å². The molecule has 0 bridgehead atoms. The first-order valence-electron chi connectivity index (χ1n) is 9.42. The van der Waals surface area contributed by atoms with Crippen LogP contribution in [0, 0.1) is 0 Å². The Balaban J connectivity index is 1.56. The van der Waals surface area contributed by atoms with Gasteiger partial charge in [-0.05, 0) is 36.1 Å². The lowest BCUT2D eigenvalue weighted by Crippen LogP contribution is -2.25. The topological polar surface area (TPSA) is 3.24 Å². The van der Waals surface area contributed by atoms with Gasteiger partial charge >= 0.3 is 0 Å². The molecule has 3 aromatic rings. The Hall–Kier alpha value is -2.64. The fourth-order valence-electron chi connectivity index (χ4n) is 3.13. The second kappa shape index (κ2) is 10.4. The third kappa shape index (κ3) is 6.34. The Labute approximate surface area is 157 Å². The number of hydrogen-bond acceptors (Lipinski definition) is 1. The van der Waals surface area contributed by atoms with Crippen molar-refractivity contribution in [1.29, 1.82) is 0 Å². The van der Waals surface area contributed by atoms with Gasteiger partial charge in [-0.2, -0.15) is 0 Å². The summed E-state index contributed by atoms with van der Waals surface area (Å²) in [5, 5.41) is 0. The van der Waals surface area contributed by atoms with Gasteiger partial charge in [-0.3, -0.25) is 4.90 Å². The first-order valence-corrected chi connectivity index (χ1v) is 9.42. The molecule has 0 aromatic heterocycles. The summed E-state index contributed by atoms with van der Waals surface area (Å²) < 4.78 is 0. The SMILES string of the molecule is C(=Cc1ccccc1)CN(CCCc1ccccc1)Cc1ccccc1. The standard InChI is InChI=1S/C25H27N/c1-4-12-23(13-5-1)18-10-20-26(22-25-16-8-3-9-17-25)21-11-19-24-14-6-2-7-15-24/h1-10,12-18H,11,19-22H2. The van der Waals surface area contributed by atoms with Crippen molar-refractivity contribution >= 4 is 6.08 Å². The minimum Gasteiger partial charge on any atom is -0.295 e. The molecule has 0 aliphatic carbocycles. The molecule has 0 spiro atoms. The summed E-state index contributed by atoms with van der Waals surface area (Å²) in [6.45, 7) is 3.07. The molecule has 0 saturated heterocycles. The van der Waals surface area contributed by atoms with Crippen molar-refractivity contribution in [3.05, 3.63) is 114 Å². The molecular weight excluding hydrogens is 314 g/mol. The van der Waals surface area contributed by atoms with Crippen molar-refractivity contribution in [3.8, 4) is 0 Å². The second-order valence-electron chi connectivity index (χ2n) is 6.62. The molecule has 0 aliphatic heterocycles. The Bertz CT molecular complexity index is 763. The summed E-state index contributed by atoms with van der Waals surface area (Å²) in [5.41, 5.74) is 4.06. The first kappa shape index (κ1) is 18.2. The predicted octanol–water partition coefficient (Wildman–Crippen LogP) is 5.83. The molecule has 1 heteroatoms. The number of aryl methyl sites for hydroxylation is 1. The molecule has 0 aliphatic rings. The second-order valence-corrected chi connectivity index (χ2v) is 6.62. The van der Waals surface area contributed by atoms with Crippen molar-refractivity contribution in [1.82, 2.24) is 4.90 Å². The van der Waals surface area contributed by atoms with Gasteiger partial charge in [0.15, 0.2) is 0 Å². The van der Waals surface area contributed by atoms with E-state index in [1.54, 1.807) is 0 Å². The van der Waals surface area contributed by atoms with Crippen LogP contribution in [0.4, 0.5) is 0 Å². The van der Waals surface area contributed by atoms with Gasteiger partial charge in [0.25, 0.3) is 0 Å². The minimum atomic E-state index is 0.971. The smallest absolute Gasteiger partial charge is 0.0237 e. The van der Waals surface area contributed by atoms with E-state index < -0.39 is 0 Å². The third-order valence-electron chi connectivity index (χ3n) is 4.51. The van der Waals surface area contributed by atoms with E-state index in [2.05, 4.69) is 108 Å². The zero-order valence-electron chi connectivity index (χ0n) is 15.3. The molecular formula is C25H27N. The molecule has 0 N–H and O–H groups in total. The highest BCUT2D eigenvalue weighted by Crippen LogP contribution is 2.09. The Morgan fingerprint density at radius 3 is 1.88 bits per heavy atom. The molecule has 1 nitrogen and oxygen atoms in total. The highest BCUT2D eigenvalue weighted by atomic mass is 15.1. The normalized spacial score (nSPS) is 11.3. The minimum absolute atomic E-state index is 0.971. The quantitative estimate of drug-likeness (QED) is 0.473. The molecule has 0 fully saturated rings. The van der Waals surface area contributed by atoms with Crippen LogP contribution in [0.15, 0.2) is 97.1 Å². The van der Waals surface area contributed by atoms with Crippen LogP contribution in [-0.2, 0) is 13.0 Å². The van der Waals surface area contributed by atoms with Gasteiger partial charge in [-0.15, -0.1) is 0 Å². The Morgan fingerprint density at radius 2 is 1.23 bits per heavy atom. The molecule has 3 rings (SSSR count). The van der Waals surface area contributed by atoms with E-state index in [-0.39, 0.29) is 0 Å². The van der Waals surface area contributed by atoms with Crippen molar-refractivity contribution in [3.63, 3.8) is 0 Å².